The highest BCUT2D eigenvalue weighted by Crippen LogP contribution is 2.22. The van der Waals surface area contributed by atoms with Gasteiger partial charge in [0.2, 0.25) is 0 Å². The number of fused-ring (bicyclic) bond motifs is 1. The van der Waals surface area contributed by atoms with Gasteiger partial charge in [0.05, 0.1) is 11.1 Å². The van der Waals surface area contributed by atoms with Gasteiger partial charge in [-0.05, 0) is 37.3 Å². The third-order valence-electron chi connectivity index (χ3n) is 4.22. The Morgan fingerprint density at radius 3 is 2.20 bits per heavy atom. The Hall–Kier alpha value is -2.37. The maximum absolute atomic E-state index is 12.3. The van der Waals surface area contributed by atoms with Gasteiger partial charge in [-0.2, -0.15) is 0 Å². The third-order valence-corrected chi connectivity index (χ3v) is 4.22. The monoisotopic (exact) mass is 344 g/mol. The summed E-state index contributed by atoms with van der Waals surface area (Å²) in [7, 11) is 1.75. The minimum atomic E-state index is -0.181. The molecule has 0 atom stereocenters. The molecule has 2 rings (SSSR count). The van der Waals surface area contributed by atoms with Crippen LogP contribution in [0.15, 0.2) is 29.3 Å². The number of nitrogens with one attached hydrogen (secondary N) is 2. The number of carbonyl (C=O) groups excluding carboxylic acids is 2. The van der Waals surface area contributed by atoms with Gasteiger partial charge in [0.1, 0.15) is 0 Å². The predicted octanol–water partition coefficient (Wildman–Crippen LogP) is 2.27. The average Bonchev–Trinajstić information content (AvgIpc) is 2.84. The lowest BCUT2D eigenvalue weighted by Crippen LogP contribution is -2.38. The molecule has 25 heavy (non-hydrogen) atoms. The Kier molecular flexibility index (Phi) is 6.98. The first-order chi connectivity index (χ1) is 12.0. The maximum atomic E-state index is 12.3. The molecule has 136 valence electrons. The number of hydrogen-bond donors (Lipinski definition) is 2. The van der Waals surface area contributed by atoms with Crippen molar-refractivity contribution >= 4 is 17.8 Å². The van der Waals surface area contributed by atoms with E-state index in [1.807, 2.05) is 0 Å². The second-order valence-electron chi connectivity index (χ2n) is 6.62. The van der Waals surface area contributed by atoms with Crippen LogP contribution in [0, 0.1) is 5.92 Å². The lowest BCUT2D eigenvalue weighted by Gasteiger charge is -2.15. The molecular weight excluding hydrogens is 316 g/mol. The molecule has 0 aromatic heterocycles. The molecule has 1 aromatic rings. The summed E-state index contributed by atoms with van der Waals surface area (Å²) in [5, 5.41) is 6.54. The van der Waals surface area contributed by atoms with E-state index in [1.54, 1.807) is 31.3 Å². The predicted molar refractivity (Wildman–Crippen MR) is 99.9 cm³/mol. The molecule has 1 aliphatic rings. The standard InChI is InChI=1S/C19H28N4O2/c1-14(2)10-12-22-19(20-3)21-11-6-7-13-23-17(24)15-8-4-5-9-16(15)18(23)25/h4-5,8-9,14H,6-7,10-13H2,1-3H3,(H2,20,21,22). The number of benzene rings is 1. The van der Waals surface area contributed by atoms with Crippen molar-refractivity contribution in [3.63, 3.8) is 0 Å². The van der Waals surface area contributed by atoms with Crippen molar-refractivity contribution in [2.45, 2.75) is 33.1 Å². The molecule has 0 aliphatic carbocycles. The van der Waals surface area contributed by atoms with Crippen LogP contribution in [0.1, 0.15) is 53.8 Å². The van der Waals surface area contributed by atoms with Crippen molar-refractivity contribution in [2.75, 3.05) is 26.7 Å². The molecule has 2 N–H and O–H groups in total. The number of aliphatic imine (C=N–C) groups is 1. The molecule has 0 fully saturated rings. The maximum Gasteiger partial charge on any atom is 0.261 e. The van der Waals surface area contributed by atoms with Gasteiger partial charge in [-0.1, -0.05) is 26.0 Å². The largest absolute Gasteiger partial charge is 0.356 e. The fraction of sp³-hybridized carbons (Fsp3) is 0.526. The van der Waals surface area contributed by atoms with Crippen LogP contribution >= 0.6 is 0 Å². The molecule has 0 bridgehead atoms. The zero-order chi connectivity index (χ0) is 18.2. The van der Waals surface area contributed by atoms with E-state index in [4.69, 9.17) is 0 Å². The highest BCUT2D eigenvalue weighted by atomic mass is 16.2. The molecule has 2 amide bonds. The van der Waals surface area contributed by atoms with Crippen LogP contribution in [0.3, 0.4) is 0 Å². The molecule has 6 heteroatoms. The van der Waals surface area contributed by atoms with Crippen molar-refractivity contribution in [1.82, 2.24) is 15.5 Å². The van der Waals surface area contributed by atoms with Crippen LogP contribution in [0.2, 0.25) is 0 Å². The highest BCUT2D eigenvalue weighted by Gasteiger charge is 2.34. The number of imide groups is 1. The minimum absolute atomic E-state index is 0.181. The first-order valence-corrected chi connectivity index (χ1v) is 8.94. The average molecular weight is 344 g/mol. The Balaban J connectivity index is 1.68. The minimum Gasteiger partial charge on any atom is -0.356 e. The number of amides is 2. The smallest absolute Gasteiger partial charge is 0.261 e. The van der Waals surface area contributed by atoms with Crippen molar-refractivity contribution in [1.29, 1.82) is 0 Å². The fourth-order valence-electron chi connectivity index (χ4n) is 2.74. The van der Waals surface area contributed by atoms with Gasteiger partial charge < -0.3 is 10.6 Å². The quantitative estimate of drug-likeness (QED) is 0.328. The summed E-state index contributed by atoms with van der Waals surface area (Å²) in [5.41, 5.74) is 1.03. The topological polar surface area (TPSA) is 73.8 Å². The van der Waals surface area contributed by atoms with Crippen molar-refractivity contribution in [3.8, 4) is 0 Å². The molecule has 0 saturated carbocycles. The van der Waals surface area contributed by atoms with E-state index in [0.717, 1.165) is 38.3 Å². The van der Waals surface area contributed by atoms with Crippen molar-refractivity contribution < 1.29 is 9.59 Å². The number of hydrogen-bond acceptors (Lipinski definition) is 3. The van der Waals surface area contributed by atoms with E-state index in [1.165, 1.54) is 4.90 Å². The molecule has 0 saturated heterocycles. The summed E-state index contributed by atoms with van der Waals surface area (Å²) in [6.45, 7) is 6.48. The Morgan fingerprint density at radius 2 is 1.64 bits per heavy atom. The lowest BCUT2D eigenvalue weighted by atomic mass is 10.1. The van der Waals surface area contributed by atoms with Gasteiger partial charge in [-0.3, -0.25) is 19.5 Å². The van der Waals surface area contributed by atoms with E-state index in [2.05, 4.69) is 29.5 Å². The first kappa shape index (κ1) is 19.0. The van der Waals surface area contributed by atoms with Crippen molar-refractivity contribution in [2.24, 2.45) is 10.9 Å². The Morgan fingerprint density at radius 1 is 1.04 bits per heavy atom. The highest BCUT2D eigenvalue weighted by molar-refractivity contribution is 6.21. The normalized spacial score (nSPS) is 14.2. The van der Waals surface area contributed by atoms with Crippen LogP contribution in [0.25, 0.3) is 0 Å². The zero-order valence-corrected chi connectivity index (χ0v) is 15.3. The Labute approximate surface area is 149 Å². The molecule has 0 spiro atoms. The summed E-state index contributed by atoms with van der Waals surface area (Å²) in [4.78, 5) is 30.1. The number of unbranched alkanes of at least 4 members (excludes halogenated alkanes) is 1. The van der Waals surface area contributed by atoms with Crippen LogP contribution in [-0.4, -0.2) is 49.4 Å². The molecule has 0 radical (unpaired) electrons. The number of rotatable bonds is 8. The van der Waals surface area contributed by atoms with Gasteiger partial charge >= 0.3 is 0 Å². The summed E-state index contributed by atoms with van der Waals surface area (Å²) in [6.07, 6.45) is 2.72. The zero-order valence-electron chi connectivity index (χ0n) is 15.3. The van der Waals surface area contributed by atoms with Gasteiger partial charge in [-0.25, -0.2) is 0 Å². The van der Waals surface area contributed by atoms with Crippen LogP contribution in [0.5, 0.6) is 0 Å². The molecular formula is C19H28N4O2. The number of nitrogens with zero attached hydrogens (tertiary/aromatic N) is 2. The molecule has 1 aromatic carbocycles. The fourth-order valence-corrected chi connectivity index (χ4v) is 2.74. The summed E-state index contributed by atoms with van der Waals surface area (Å²) in [6, 6.07) is 7.00. The second-order valence-corrected chi connectivity index (χ2v) is 6.62. The van der Waals surface area contributed by atoms with Crippen LogP contribution < -0.4 is 10.6 Å². The summed E-state index contributed by atoms with van der Waals surface area (Å²) >= 11 is 0. The number of carbonyl (C=O) groups is 2. The van der Waals surface area contributed by atoms with Gasteiger partial charge in [0, 0.05) is 26.7 Å². The van der Waals surface area contributed by atoms with Crippen molar-refractivity contribution in [3.05, 3.63) is 35.4 Å². The van der Waals surface area contributed by atoms with Crippen LogP contribution in [-0.2, 0) is 0 Å². The summed E-state index contributed by atoms with van der Waals surface area (Å²) < 4.78 is 0. The third kappa shape index (κ3) is 5.05. The molecule has 1 aliphatic heterocycles. The first-order valence-electron chi connectivity index (χ1n) is 8.94. The Bertz CT molecular complexity index is 605. The second kappa shape index (κ2) is 9.20. The summed E-state index contributed by atoms with van der Waals surface area (Å²) in [5.74, 6) is 1.09. The van der Waals surface area contributed by atoms with Crippen LogP contribution in [0.4, 0.5) is 0 Å². The molecule has 0 unspecified atom stereocenters. The van der Waals surface area contributed by atoms with E-state index >= 15 is 0 Å². The van der Waals surface area contributed by atoms with Gasteiger partial charge in [0.25, 0.3) is 11.8 Å². The van der Waals surface area contributed by atoms with E-state index < -0.39 is 0 Å². The van der Waals surface area contributed by atoms with E-state index in [9.17, 15) is 9.59 Å². The van der Waals surface area contributed by atoms with E-state index in [0.29, 0.717) is 23.6 Å². The molecule has 6 nitrogen and oxygen atoms in total. The van der Waals surface area contributed by atoms with Gasteiger partial charge in [0.15, 0.2) is 5.96 Å². The number of guanidine groups is 1. The van der Waals surface area contributed by atoms with Gasteiger partial charge in [-0.15, -0.1) is 0 Å². The SMILES string of the molecule is CN=C(NCCCCN1C(=O)c2ccccc2C1=O)NCCC(C)C. The lowest BCUT2D eigenvalue weighted by molar-refractivity contribution is 0.0652. The van der Waals surface area contributed by atoms with E-state index in [-0.39, 0.29) is 11.8 Å². The molecule has 1 heterocycles.